The van der Waals surface area contributed by atoms with Gasteiger partial charge in [0.05, 0.1) is 0 Å². The lowest BCUT2D eigenvalue weighted by Gasteiger charge is -2.44. The molecule has 24 heavy (non-hydrogen) atoms. The summed E-state index contributed by atoms with van der Waals surface area (Å²) < 4.78 is 5.82. The lowest BCUT2D eigenvalue weighted by Crippen LogP contribution is -2.57. The van der Waals surface area contributed by atoms with Crippen LogP contribution in [0.5, 0.6) is 0 Å². The Bertz CT molecular complexity index is 734. The van der Waals surface area contributed by atoms with Gasteiger partial charge in [0.15, 0.2) is 5.76 Å². The number of hydrogen-bond donors (Lipinski definition) is 1. The smallest absolute Gasteiger partial charge is 0.287 e. The van der Waals surface area contributed by atoms with Crippen LogP contribution in [0, 0.1) is 5.92 Å². The summed E-state index contributed by atoms with van der Waals surface area (Å²) in [5, 5.41) is 3.18. The summed E-state index contributed by atoms with van der Waals surface area (Å²) in [5.41, 5.74) is 1.00. The molecule has 1 unspecified atom stereocenters. The molecule has 126 valence electrons. The number of carbonyl (C=O) groups is 1. The standard InChI is InChI=1S/C19H22N2O2S/c1-24-15-4-2-3-14(11-15)17-5-6-18(23-17)19(22)20-16-12-21-9-7-13(16)8-10-21/h2-6,11,13,16H,7-10,12H2,1H3,(H,20,22). The minimum atomic E-state index is -0.0963. The first-order valence-corrected chi connectivity index (χ1v) is 9.73. The van der Waals surface area contributed by atoms with Gasteiger partial charge in [-0.25, -0.2) is 0 Å². The molecule has 1 atom stereocenters. The van der Waals surface area contributed by atoms with E-state index in [1.165, 1.54) is 30.8 Å². The molecule has 5 rings (SSSR count). The Kier molecular flexibility index (Phi) is 4.37. The molecule has 5 heteroatoms. The van der Waals surface area contributed by atoms with Gasteiger partial charge in [0, 0.05) is 23.0 Å². The minimum absolute atomic E-state index is 0.0963. The highest BCUT2D eigenvalue weighted by Crippen LogP contribution is 2.29. The summed E-state index contributed by atoms with van der Waals surface area (Å²) in [6, 6.07) is 12.1. The highest BCUT2D eigenvalue weighted by molar-refractivity contribution is 7.98. The quantitative estimate of drug-likeness (QED) is 0.864. The normalized spacial score (nSPS) is 25.6. The van der Waals surface area contributed by atoms with E-state index in [1.807, 2.05) is 24.5 Å². The molecule has 3 saturated heterocycles. The Morgan fingerprint density at radius 3 is 2.79 bits per heavy atom. The Labute approximate surface area is 146 Å². The van der Waals surface area contributed by atoms with Crippen molar-refractivity contribution in [3.8, 4) is 11.3 Å². The number of thioether (sulfide) groups is 1. The van der Waals surface area contributed by atoms with Gasteiger partial charge in [0.25, 0.3) is 5.91 Å². The third kappa shape index (κ3) is 3.10. The highest BCUT2D eigenvalue weighted by atomic mass is 32.2. The van der Waals surface area contributed by atoms with E-state index in [0.717, 1.165) is 17.9 Å². The number of benzene rings is 1. The summed E-state index contributed by atoms with van der Waals surface area (Å²) in [4.78, 5) is 16.1. The van der Waals surface area contributed by atoms with Crippen molar-refractivity contribution in [1.29, 1.82) is 0 Å². The second-order valence-corrected chi connectivity index (χ2v) is 7.49. The van der Waals surface area contributed by atoms with Crippen molar-refractivity contribution < 1.29 is 9.21 Å². The summed E-state index contributed by atoms with van der Waals surface area (Å²) in [5.74, 6) is 1.66. The maximum Gasteiger partial charge on any atom is 0.287 e. The maximum absolute atomic E-state index is 12.5. The molecule has 3 fully saturated rings. The number of furan rings is 1. The Balaban J connectivity index is 1.47. The van der Waals surface area contributed by atoms with Crippen LogP contribution in [0.25, 0.3) is 11.3 Å². The van der Waals surface area contributed by atoms with Crippen molar-refractivity contribution >= 4 is 17.7 Å². The van der Waals surface area contributed by atoms with Crippen LogP contribution in [0.1, 0.15) is 23.4 Å². The Morgan fingerprint density at radius 2 is 2.08 bits per heavy atom. The monoisotopic (exact) mass is 342 g/mol. The zero-order valence-corrected chi connectivity index (χ0v) is 14.6. The van der Waals surface area contributed by atoms with Gasteiger partial charge in [-0.3, -0.25) is 4.79 Å². The minimum Gasteiger partial charge on any atom is -0.451 e. The van der Waals surface area contributed by atoms with Crippen LogP contribution in [0.2, 0.25) is 0 Å². The molecule has 1 aromatic heterocycles. The van der Waals surface area contributed by atoms with E-state index in [0.29, 0.717) is 11.7 Å². The van der Waals surface area contributed by atoms with Gasteiger partial charge in [-0.15, -0.1) is 11.8 Å². The zero-order valence-electron chi connectivity index (χ0n) is 13.8. The second kappa shape index (κ2) is 6.65. The van der Waals surface area contributed by atoms with E-state index < -0.39 is 0 Å². The lowest BCUT2D eigenvalue weighted by molar-refractivity contribution is 0.0606. The maximum atomic E-state index is 12.5. The predicted octanol–water partition coefficient (Wildman–Crippen LogP) is 3.49. The first kappa shape index (κ1) is 15.8. The van der Waals surface area contributed by atoms with Gasteiger partial charge < -0.3 is 14.6 Å². The van der Waals surface area contributed by atoms with E-state index in [4.69, 9.17) is 4.42 Å². The first-order valence-electron chi connectivity index (χ1n) is 8.50. The third-order valence-electron chi connectivity index (χ3n) is 5.16. The van der Waals surface area contributed by atoms with Crippen LogP contribution < -0.4 is 5.32 Å². The number of nitrogens with zero attached hydrogens (tertiary/aromatic N) is 1. The van der Waals surface area contributed by atoms with E-state index in [2.05, 4.69) is 22.3 Å². The zero-order chi connectivity index (χ0) is 16.5. The van der Waals surface area contributed by atoms with Gasteiger partial charge in [-0.05, 0) is 62.4 Å². The summed E-state index contributed by atoms with van der Waals surface area (Å²) in [6.45, 7) is 3.32. The number of piperidine rings is 3. The van der Waals surface area contributed by atoms with E-state index in [-0.39, 0.29) is 11.9 Å². The first-order chi connectivity index (χ1) is 11.7. The Morgan fingerprint density at radius 1 is 1.25 bits per heavy atom. The lowest BCUT2D eigenvalue weighted by atomic mass is 9.84. The van der Waals surface area contributed by atoms with Gasteiger partial charge in [-0.2, -0.15) is 0 Å². The van der Waals surface area contributed by atoms with Crippen molar-refractivity contribution in [3.63, 3.8) is 0 Å². The molecule has 0 radical (unpaired) electrons. The SMILES string of the molecule is CSc1cccc(-c2ccc(C(=O)NC3CN4CCC3CC4)o2)c1. The molecule has 4 nitrogen and oxygen atoms in total. The van der Waals surface area contributed by atoms with Crippen LogP contribution in [-0.4, -0.2) is 42.7 Å². The van der Waals surface area contributed by atoms with E-state index in [1.54, 1.807) is 17.8 Å². The molecule has 3 aliphatic rings. The molecule has 2 bridgehead atoms. The number of rotatable bonds is 4. The largest absolute Gasteiger partial charge is 0.451 e. The molecular formula is C19H22N2O2S. The topological polar surface area (TPSA) is 45.5 Å². The number of nitrogens with one attached hydrogen (secondary N) is 1. The molecule has 0 spiro atoms. The van der Waals surface area contributed by atoms with Gasteiger partial charge in [0.1, 0.15) is 5.76 Å². The van der Waals surface area contributed by atoms with Crippen molar-refractivity contribution in [2.24, 2.45) is 5.92 Å². The summed E-state index contributed by atoms with van der Waals surface area (Å²) in [7, 11) is 0. The fraction of sp³-hybridized carbons (Fsp3) is 0.421. The van der Waals surface area contributed by atoms with Crippen molar-refractivity contribution in [1.82, 2.24) is 10.2 Å². The van der Waals surface area contributed by atoms with Crippen molar-refractivity contribution in [3.05, 3.63) is 42.2 Å². The van der Waals surface area contributed by atoms with Gasteiger partial charge in [-0.1, -0.05) is 12.1 Å². The number of amides is 1. The average molecular weight is 342 g/mol. The van der Waals surface area contributed by atoms with E-state index in [9.17, 15) is 4.79 Å². The van der Waals surface area contributed by atoms with E-state index >= 15 is 0 Å². The number of hydrogen-bond acceptors (Lipinski definition) is 4. The summed E-state index contributed by atoms with van der Waals surface area (Å²) >= 11 is 1.70. The molecule has 1 aromatic carbocycles. The molecule has 2 aromatic rings. The molecule has 3 aliphatic heterocycles. The van der Waals surface area contributed by atoms with Crippen molar-refractivity contribution in [2.45, 2.75) is 23.8 Å². The average Bonchev–Trinajstić information content (AvgIpc) is 3.13. The van der Waals surface area contributed by atoms with Crippen LogP contribution in [0.4, 0.5) is 0 Å². The second-order valence-electron chi connectivity index (χ2n) is 6.61. The van der Waals surface area contributed by atoms with Crippen LogP contribution >= 0.6 is 11.8 Å². The van der Waals surface area contributed by atoms with Crippen LogP contribution in [-0.2, 0) is 0 Å². The fourth-order valence-electron chi connectivity index (χ4n) is 3.76. The molecular weight excluding hydrogens is 320 g/mol. The highest BCUT2D eigenvalue weighted by Gasteiger charge is 2.35. The molecule has 1 amide bonds. The molecule has 1 N–H and O–H groups in total. The number of fused-ring (bicyclic) bond motifs is 3. The van der Waals surface area contributed by atoms with Gasteiger partial charge >= 0.3 is 0 Å². The fourth-order valence-corrected chi connectivity index (χ4v) is 4.22. The van der Waals surface area contributed by atoms with Crippen molar-refractivity contribution in [2.75, 3.05) is 25.9 Å². The molecule has 4 heterocycles. The number of carbonyl (C=O) groups excluding carboxylic acids is 1. The van der Waals surface area contributed by atoms with Crippen LogP contribution in [0.3, 0.4) is 0 Å². The molecule has 0 aliphatic carbocycles. The van der Waals surface area contributed by atoms with Gasteiger partial charge in [0.2, 0.25) is 0 Å². The Hall–Kier alpha value is -1.72. The third-order valence-corrected chi connectivity index (χ3v) is 5.88. The van der Waals surface area contributed by atoms with Crippen LogP contribution in [0.15, 0.2) is 45.7 Å². The predicted molar refractivity (Wildman–Crippen MR) is 96.3 cm³/mol. The summed E-state index contributed by atoms with van der Waals surface area (Å²) in [6.07, 6.45) is 4.43. The molecule has 0 saturated carbocycles.